The summed E-state index contributed by atoms with van der Waals surface area (Å²) in [6, 6.07) is 79.9. The first kappa shape index (κ1) is 36.1. The summed E-state index contributed by atoms with van der Waals surface area (Å²) in [5, 5.41) is 4.97. The molecule has 12 rings (SSSR count). The summed E-state index contributed by atoms with van der Waals surface area (Å²) in [5.74, 6) is 0.937. The van der Waals surface area contributed by atoms with Gasteiger partial charge >= 0.3 is 0 Å². The average molecular weight is 791 g/mol. The Balaban J connectivity index is 1.04. The molecule has 1 heterocycles. The van der Waals surface area contributed by atoms with Gasteiger partial charge in [0.05, 0.1) is 11.0 Å². The molecule has 0 saturated heterocycles. The van der Waals surface area contributed by atoms with Crippen LogP contribution in [0, 0.1) is 0 Å². The lowest BCUT2D eigenvalue weighted by Crippen LogP contribution is -2.14. The van der Waals surface area contributed by atoms with Gasteiger partial charge in [-0.3, -0.25) is 4.57 Å². The van der Waals surface area contributed by atoms with E-state index in [0.29, 0.717) is 0 Å². The van der Waals surface area contributed by atoms with E-state index in [0.717, 1.165) is 28.1 Å². The summed E-state index contributed by atoms with van der Waals surface area (Å²) in [5.41, 5.74) is 19.4. The zero-order chi connectivity index (χ0) is 41.4. The Kier molecular flexibility index (Phi) is 8.23. The van der Waals surface area contributed by atoms with Gasteiger partial charge in [-0.05, 0) is 131 Å². The van der Waals surface area contributed by atoms with Gasteiger partial charge in [-0.1, -0.05) is 190 Å². The molecule has 0 bridgehead atoms. The van der Waals surface area contributed by atoms with E-state index >= 15 is 0 Å². The van der Waals surface area contributed by atoms with Crippen LogP contribution in [0.5, 0.6) is 0 Å². The Morgan fingerprint density at radius 3 is 1.48 bits per heavy atom. The van der Waals surface area contributed by atoms with Gasteiger partial charge in [0.2, 0.25) is 0 Å². The quantitative estimate of drug-likeness (QED) is 0.153. The lowest BCUT2D eigenvalue weighted by molar-refractivity contribution is 0.660. The third-order valence-corrected chi connectivity index (χ3v) is 13.2. The van der Waals surface area contributed by atoms with Crippen LogP contribution in [0.25, 0.3) is 105 Å². The van der Waals surface area contributed by atoms with Crippen molar-refractivity contribution in [1.29, 1.82) is 0 Å². The number of aromatic nitrogens is 2. The van der Waals surface area contributed by atoms with Crippen molar-refractivity contribution in [3.05, 3.63) is 230 Å². The minimum atomic E-state index is -0.0678. The van der Waals surface area contributed by atoms with E-state index in [9.17, 15) is 0 Å². The molecule has 1 aliphatic rings. The Labute approximate surface area is 362 Å². The number of rotatable bonds is 6. The van der Waals surface area contributed by atoms with Gasteiger partial charge < -0.3 is 0 Å². The van der Waals surface area contributed by atoms with Crippen LogP contribution in [0.4, 0.5) is 0 Å². The smallest absolute Gasteiger partial charge is 0.145 e. The second-order valence-electron chi connectivity index (χ2n) is 17.1. The Bertz CT molecular complexity index is 3510. The van der Waals surface area contributed by atoms with Crippen molar-refractivity contribution in [3.63, 3.8) is 0 Å². The average Bonchev–Trinajstić information content (AvgIpc) is 3.83. The standard InChI is InChI=1S/C60H42N2/c1-60(2)53-23-13-12-22-47(53)48-33-28-45(38-54(48)60)44-30-35-50-52(37-44)58(41-18-8-4-9-19-41)49-34-29-43(36-51(49)57(50)40-16-6-3-7-17-40)39-26-31-46(32-27-39)62-56-25-15-14-24-55(56)61-59(62)42-20-10-5-11-21-42/h3-38H,1-2H3. The molecule has 0 amide bonds. The number of imidazole rings is 1. The molecule has 0 saturated carbocycles. The Morgan fingerprint density at radius 1 is 0.355 bits per heavy atom. The van der Waals surface area contributed by atoms with Gasteiger partial charge in [0.25, 0.3) is 0 Å². The minimum Gasteiger partial charge on any atom is -0.292 e. The topological polar surface area (TPSA) is 17.8 Å². The first-order valence-corrected chi connectivity index (χ1v) is 21.5. The monoisotopic (exact) mass is 790 g/mol. The van der Waals surface area contributed by atoms with Crippen molar-refractivity contribution in [2.75, 3.05) is 0 Å². The SMILES string of the molecule is CC1(C)c2ccccc2-c2ccc(-c3ccc4c(-c5ccccc5)c5cc(-c6ccc(-n7c(-c8ccccc8)nc8ccccc87)cc6)ccc5c(-c5ccccc5)c4c3)cc21. The molecule has 0 radical (unpaired) electrons. The summed E-state index contributed by atoms with van der Waals surface area (Å²) in [4.78, 5) is 5.08. The molecule has 11 aromatic rings. The summed E-state index contributed by atoms with van der Waals surface area (Å²) < 4.78 is 2.28. The highest BCUT2D eigenvalue weighted by Gasteiger charge is 2.35. The van der Waals surface area contributed by atoms with Crippen LogP contribution in [0.2, 0.25) is 0 Å². The van der Waals surface area contributed by atoms with Gasteiger partial charge in [0.15, 0.2) is 0 Å². The van der Waals surface area contributed by atoms with Crippen LogP contribution in [-0.4, -0.2) is 9.55 Å². The van der Waals surface area contributed by atoms with E-state index in [1.165, 1.54) is 88.3 Å². The van der Waals surface area contributed by atoms with Gasteiger partial charge in [0.1, 0.15) is 5.82 Å². The molecular formula is C60H42N2. The maximum atomic E-state index is 5.08. The summed E-state index contributed by atoms with van der Waals surface area (Å²) in [7, 11) is 0. The van der Waals surface area contributed by atoms with E-state index in [2.05, 4.69) is 237 Å². The number of nitrogens with zero attached hydrogens (tertiary/aromatic N) is 2. The summed E-state index contributed by atoms with van der Waals surface area (Å²) >= 11 is 0. The van der Waals surface area contributed by atoms with E-state index in [1.54, 1.807) is 0 Å². The number of hydrogen-bond acceptors (Lipinski definition) is 1. The number of para-hydroxylation sites is 2. The largest absolute Gasteiger partial charge is 0.292 e. The fraction of sp³-hybridized carbons (Fsp3) is 0.0500. The molecule has 292 valence electrons. The highest BCUT2D eigenvalue weighted by Crippen LogP contribution is 2.51. The molecule has 0 fully saturated rings. The van der Waals surface area contributed by atoms with Gasteiger partial charge in [-0.15, -0.1) is 0 Å². The zero-order valence-electron chi connectivity index (χ0n) is 34.7. The van der Waals surface area contributed by atoms with Crippen LogP contribution >= 0.6 is 0 Å². The summed E-state index contributed by atoms with van der Waals surface area (Å²) in [6.07, 6.45) is 0. The van der Waals surface area contributed by atoms with E-state index in [-0.39, 0.29) is 5.41 Å². The third-order valence-electron chi connectivity index (χ3n) is 13.2. The maximum Gasteiger partial charge on any atom is 0.145 e. The van der Waals surface area contributed by atoms with Gasteiger partial charge in [-0.25, -0.2) is 4.98 Å². The van der Waals surface area contributed by atoms with Crippen LogP contribution in [0.1, 0.15) is 25.0 Å². The molecule has 10 aromatic carbocycles. The molecule has 62 heavy (non-hydrogen) atoms. The second kappa shape index (κ2) is 14.1. The van der Waals surface area contributed by atoms with E-state index < -0.39 is 0 Å². The fourth-order valence-electron chi connectivity index (χ4n) is 10.2. The molecular weight excluding hydrogens is 749 g/mol. The first-order valence-electron chi connectivity index (χ1n) is 21.5. The van der Waals surface area contributed by atoms with Crippen molar-refractivity contribution < 1.29 is 0 Å². The minimum absolute atomic E-state index is 0.0678. The van der Waals surface area contributed by atoms with Crippen LogP contribution in [0.15, 0.2) is 218 Å². The number of fused-ring (bicyclic) bond motifs is 6. The fourth-order valence-corrected chi connectivity index (χ4v) is 10.2. The number of benzene rings is 10. The molecule has 1 aliphatic carbocycles. The van der Waals surface area contributed by atoms with Crippen molar-refractivity contribution in [2.45, 2.75) is 19.3 Å². The molecule has 0 spiro atoms. The predicted molar refractivity (Wildman–Crippen MR) is 261 cm³/mol. The van der Waals surface area contributed by atoms with Crippen LogP contribution in [-0.2, 0) is 5.41 Å². The third kappa shape index (κ3) is 5.68. The van der Waals surface area contributed by atoms with Crippen LogP contribution in [0.3, 0.4) is 0 Å². The maximum absolute atomic E-state index is 5.08. The highest BCUT2D eigenvalue weighted by molar-refractivity contribution is 6.22. The molecule has 0 N–H and O–H groups in total. The molecule has 0 unspecified atom stereocenters. The molecule has 0 atom stereocenters. The van der Waals surface area contributed by atoms with Gasteiger partial charge in [0, 0.05) is 16.7 Å². The van der Waals surface area contributed by atoms with E-state index in [1.807, 2.05) is 0 Å². The van der Waals surface area contributed by atoms with E-state index in [4.69, 9.17) is 4.98 Å². The number of hydrogen-bond donors (Lipinski definition) is 0. The predicted octanol–water partition coefficient (Wildman–Crippen LogP) is 16.0. The Morgan fingerprint density at radius 2 is 0.839 bits per heavy atom. The normalized spacial score (nSPS) is 12.8. The van der Waals surface area contributed by atoms with Crippen molar-refractivity contribution in [3.8, 4) is 72.7 Å². The molecule has 2 nitrogen and oxygen atoms in total. The summed E-state index contributed by atoms with van der Waals surface area (Å²) in [6.45, 7) is 4.72. The first-order chi connectivity index (χ1) is 30.5. The lowest BCUT2D eigenvalue weighted by atomic mass is 9.81. The molecule has 2 heteroatoms. The van der Waals surface area contributed by atoms with Crippen molar-refractivity contribution in [2.24, 2.45) is 0 Å². The van der Waals surface area contributed by atoms with Crippen molar-refractivity contribution in [1.82, 2.24) is 9.55 Å². The Hall–Kier alpha value is -7.81. The molecule has 0 aliphatic heterocycles. The van der Waals surface area contributed by atoms with Gasteiger partial charge in [-0.2, -0.15) is 0 Å². The molecule has 1 aromatic heterocycles. The van der Waals surface area contributed by atoms with Crippen molar-refractivity contribution >= 4 is 32.6 Å². The second-order valence-corrected chi connectivity index (χ2v) is 17.1. The lowest BCUT2D eigenvalue weighted by Gasteiger charge is -2.22. The zero-order valence-corrected chi connectivity index (χ0v) is 34.7. The highest BCUT2D eigenvalue weighted by atomic mass is 15.1. The van der Waals surface area contributed by atoms with Crippen LogP contribution < -0.4 is 0 Å².